The minimum atomic E-state index is -4.42. The van der Waals surface area contributed by atoms with Gasteiger partial charge in [-0.1, -0.05) is 0 Å². The second kappa shape index (κ2) is 3.38. The maximum Gasteiger partial charge on any atom is 0.433 e. The number of halogens is 3. The molecular formula is C9H6F3N3. The number of aromatic nitrogens is 3. The van der Waals surface area contributed by atoms with Gasteiger partial charge >= 0.3 is 6.18 Å². The van der Waals surface area contributed by atoms with E-state index >= 15 is 0 Å². The number of nitrogens with zero attached hydrogens (tertiary/aromatic N) is 2. The predicted octanol–water partition coefficient (Wildman–Crippen LogP) is 2.49. The molecule has 0 fully saturated rings. The van der Waals surface area contributed by atoms with Crippen LogP contribution in [0.3, 0.4) is 0 Å². The summed E-state index contributed by atoms with van der Waals surface area (Å²) in [6, 6.07) is 2.45. The molecule has 3 nitrogen and oxygen atoms in total. The van der Waals surface area contributed by atoms with E-state index in [1.165, 1.54) is 18.6 Å². The Morgan fingerprint density at radius 3 is 2.60 bits per heavy atom. The van der Waals surface area contributed by atoms with Gasteiger partial charge in [0.05, 0.1) is 12.0 Å². The molecule has 0 amide bonds. The Bertz CT molecular complexity index is 448. The highest BCUT2D eigenvalue weighted by Crippen LogP contribution is 2.29. The van der Waals surface area contributed by atoms with Crippen molar-refractivity contribution >= 4 is 0 Å². The summed E-state index contributed by atoms with van der Waals surface area (Å²) >= 11 is 0. The van der Waals surface area contributed by atoms with Crippen molar-refractivity contribution in [2.24, 2.45) is 0 Å². The third-order valence-corrected chi connectivity index (χ3v) is 1.84. The van der Waals surface area contributed by atoms with Gasteiger partial charge < -0.3 is 4.98 Å². The maximum atomic E-state index is 12.3. The number of imidazole rings is 1. The lowest BCUT2D eigenvalue weighted by Gasteiger charge is -2.05. The predicted molar refractivity (Wildman–Crippen MR) is 46.8 cm³/mol. The van der Waals surface area contributed by atoms with Crippen molar-refractivity contribution in [3.63, 3.8) is 0 Å². The molecule has 0 saturated heterocycles. The highest BCUT2D eigenvalue weighted by molar-refractivity contribution is 5.58. The molecule has 0 aliphatic carbocycles. The van der Waals surface area contributed by atoms with Crippen molar-refractivity contribution in [2.45, 2.75) is 6.18 Å². The Labute approximate surface area is 83.0 Å². The van der Waals surface area contributed by atoms with Gasteiger partial charge in [-0.2, -0.15) is 13.2 Å². The number of nitrogens with one attached hydrogen (secondary N) is 1. The van der Waals surface area contributed by atoms with E-state index in [2.05, 4.69) is 15.0 Å². The molecule has 0 radical (unpaired) electrons. The van der Waals surface area contributed by atoms with E-state index in [1.54, 1.807) is 0 Å². The highest BCUT2D eigenvalue weighted by atomic mass is 19.4. The van der Waals surface area contributed by atoms with E-state index in [-0.39, 0.29) is 0 Å². The molecule has 2 heterocycles. The van der Waals surface area contributed by atoms with Crippen LogP contribution in [0.1, 0.15) is 5.69 Å². The van der Waals surface area contributed by atoms with E-state index in [9.17, 15) is 13.2 Å². The van der Waals surface area contributed by atoms with Crippen LogP contribution < -0.4 is 0 Å². The summed E-state index contributed by atoms with van der Waals surface area (Å²) in [4.78, 5) is 9.79. The molecule has 0 spiro atoms. The average molecular weight is 213 g/mol. The van der Waals surface area contributed by atoms with Crippen LogP contribution >= 0.6 is 0 Å². The zero-order valence-electron chi connectivity index (χ0n) is 7.42. The second-order valence-electron chi connectivity index (χ2n) is 2.88. The molecule has 0 unspecified atom stereocenters. The lowest BCUT2D eigenvalue weighted by Crippen LogP contribution is -2.07. The fourth-order valence-corrected chi connectivity index (χ4v) is 1.16. The zero-order chi connectivity index (χ0) is 10.9. The van der Waals surface area contributed by atoms with Crippen molar-refractivity contribution in [3.8, 4) is 11.3 Å². The molecule has 6 heteroatoms. The normalized spacial score (nSPS) is 11.7. The van der Waals surface area contributed by atoms with E-state index in [0.29, 0.717) is 11.3 Å². The molecule has 2 aromatic rings. The standard InChI is InChI=1S/C9H6F3N3/c10-9(11,12)8-3-6(1-2-14-8)7-4-13-5-15-7/h1-5H,(H,13,15). The van der Waals surface area contributed by atoms with Crippen LogP contribution in [0.4, 0.5) is 13.2 Å². The van der Waals surface area contributed by atoms with Gasteiger partial charge in [-0.3, -0.25) is 4.98 Å². The zero-order valence-corrected chi connectivity index (χ0v) is 7.42. The first-order valence-corrected chi connectivity index (χ1v) is 4.10. The van der Waals surface area contributed by atoms with Crippen LogP contribution in [0.15, 0.2) is 30.9 Å². The van der Waals surface area contributed by atoms with Crippen LogP contribution in [0, 0.1) is 0 Å². The molecule has 0 bridgehead atoms. The number of rotatable bonds is 1. The Kier molecular flexibility index (Phi) is 2.18. The smallest absolute Gasteiger partial charge is 0.351 e. The van der Waals surface area contributed by atoms with Crippen LogP contribution in [0.2, 0.25) is 0 Å². The van der Waals surface area contributed by atoms with Crippen LogP contribution in [-0.2, 0) is 6.18 Å². The quantitative estimate of drug-likeness (QED) is 0.790. The number of H-pyrrole nitrogens is 1. The molecular weight excluding hydrogens is 207 g/mol. The minimum absolute atomic E-state index is 0.388. The van der Waals surface area contributed by atoms with Crippen LogP contribution in [0.5, 0.6) is 0 Å². The molecule has 0 aliphatic rings. The third kappa shape index (κ3) is 1.98. The van der Waals surface area contributed by atoms with Gasteiger partial charge in [0.15, 0.2) is 0 Å². The molecule has 0 saturated carbocycles. The summed E-state index contributed by atoms with van der Waals surface area (Å²) in [5, 5.41) is 0. The molecule has 78 valence electrons. The van der Waals surface area contributed by atoms with Gasteiger partial charge in [0, 0.05) is 18.0 Å². The molecule has 1 N–H and O–H groups in total. The first kappa shape index (κ1) is 9.70. The summed E-state index contributed by atoms with van der Waals surface area (Å²) in [7, 11) is 0. The summed E-state index contributed by atoms with van der Waals surface area (Å²) < 4.78 is 37.0. The van der Waals surface area contributed by atoms with Crippen molar-refractivity contribution in [3.05, 3.63) is 36.5 Å². The van der Waals surface area contributed by atoms with Gasteiger partial charge in [0.1, 0.15) is 5.69 Å². The number of aromatic amines is 1. The van der Waals surface area contributed by atoms with Gasteiger partial charge in [0.2, 0.25) is 0 Å². The average Bonchev–Trinajstić information content (AvgIpc) is 2.69. The Morgan fingerprint density at radius 1 is 1.20 bits per heavy atom. The summed E-state index contributed by atoms with van der Waals surface area (Å²) in [5.41, 5.74) is -0.0653. The minimum Gasteiger partial charge on any atom is -0.351 e. The monoisotopic (exact) mass is 213 g/mol. The van der Waals surface area contributed by atoms with E-state index in [4.69, 9.17) is 0 Å². The van der Waals surface area contributed by atoms with Gasteiger partial charge in [0.25, 0.3) is 0 Å². The number of hydrogen-bond donors (Lipinski definition) is 1. The second-order valence-corrected chi connectivity index (χ2v) is 2.88. The first-order chi connectivity index (χ1) is 7.07. The van der Waals surface area contributed by atoms with Gasteiger partial charge in [-0.25, -0.2) is 4.98 Å². The van der Waals surface area contributed by atoms with Crippen molar-refractivity contribution in [1.82, 2.24) is 15.0 Å². The SMILES string of the molecule is FC(F)(F)c1cc(-c2c[nH]cn2)ccn1. The van der Waals surface area contributed by atoms with E-state index in [0.717, 1.165) is 12.3 Å². The van der Waals surface area contributed by atoms with Crippen molar-refractivity contribution in [2.75, 3.05) is 0 Å². The molecule has 0 aliphatic heterocycles. The highest BCUT2D eigenvalue weighted by Gasteiger charge is 2.32. The summed E-state index contributed by atoms with van der Waals surface area (Å²) in [5.74, 6) is 0. The van der Waals surface area contributed by atoms with E-state index < -0.39 is 11.9 Å². The largest absolute Gasteiger partial charge is 0.433 e. The number of hydrogen-bond acceptors (Lipinski definition) is 2. The first-order valence-electron chi connectivity index (χ1n) is 4.10. The third-order valence-electron chi connectivity index (χ3n) is 1.84. The number of pyridine rings is 1. The lowest BCUT2D eigenvalue weighted by molar-refractivity contribution is -0.141. The van der Waals surface area contributed by atoms with E-state index in [1.807, 2.05) is 0 Å². The molecule has 15 heavy (non-hydrogen) atoms. The molecule has 2 rings (SSSR count). The van der Waals surface area contributed by atoms with Crippen molar-refractivity contribution in [1.29, 1.82) is 0 Å². The Balaban J connectivity index is 2.44. The maximum absolute atomic E-state index is 12.3. The summed E-state index contributed by atoms with van der Waals surface area (Å²) in [6.45, 7) is 0. The lowest BCUT2D eigenvalue weighted by atomic mass is 10.2. The van der Waals surface area contributed by atoms with Gasteiger partial charge in [-0.05, 0) is 12.1 Å². The fourth-order valence-electron chi connectivity index (χ4n) is 1.16. The molecule has 0 atom stereocenters. The topological polar surface area (TPSA) is 41.6 Å². The fraction of sp³-hybridized carbons (Fsp3) is 0.111. The van der Waals surface area contributed by atoms with Crippen molar-refractivity contribution < 1.29 is 13.2 Å². The van der Waals surface area contributed by atoms with Gasteiger partial charge in [-0.15, -0.1) is 0 Å². The molecule has 2 aromatic heterocycles. The Morgan fingerprint density at radius 2 is 2.00 bits per heavy atom. The summed E-state index contributed by atoms with van der Waals surface area (Å²) in [6.07, 6.45) is -0.377. The Hall–Kier alpha value is -1.85. The van der Waals surface area contributed by atoms with Crippen LogP contribution in [-0.4, -0.2) is 15.0 Å². The molecule has 0 aromatic carbocycles. The number of alkyl halides is 3. The van der Waals surface area contributed by atoms with Crippen LogP contribution in [0.25, 0.3) is 11.3 Å².